The van der Waals surface area contributed by atoms with E-state index in [0.717, 1.165) is 22.2 Å². The fourth-order valence-electron chi connectivity index (χ4n) is 2.07. The zero-order valence-corrected chi connectivity index (χ0v) is 8.95. The summed E-state index contributed by atoms with van der Waals surface area (Å²) in [6, 6.07) is 12.0. The molecule has 0 saturated carbocycles. The average molecular weight is 212 g/mol. The van der Waals surface area contributed by atoms with Crippen LogP contribution in [0, 0.1) is 0 Å². The minimum Gasteiger partial charge on any atom is -0.497 e. The first kappa shape index (κ1) is 9.09. The number of aromatic nitrogens is 1. The number of aromatic amines is 1. The highest BCUT2D eigenvalue weighted by molar-refractivity contribution is 6.11. The minimum atomic E-state index is 0.713. The second kappa shape index (κ2) is 3.17. The van der Waals surface area contributed by atoms with E-state index in [2.05, 4.69) is 11.1 Å². The van der Waals surface area contributed by atoms with Gasteiger partial charge in [-0.3, -0.25) is 0 Å². The molecule has 0 atom stereocenters. The second-order valence-corrected chi connectivity index (χ2v) is 3.81. The lowest BCUT2D eigenvalue weighted by molar-refractivity contribution is 0.415. The van der Waals surface area contributed by atoms with Gasteiger partial charge in [0.05, 0.1) is 18.3 Å². The van der Waals surface area contributed by atoms with Crippen molar-refractivity contribution >= 4 is 27.5 Å². The topological polar surface area (TPSA) is 51.0 Å². The van der Waals surface area contributed by atoms with Gasteiger partial charge in [-0.25, -0.2) is 0 Å². The SMILES string of the molecule is COc1cc(N)c2[nH]c3ccccc3c2c1. The number of para-hydroxylation sites is 1. The van der Waals surface area contributed by atoms with E-state index >= 15 is 0 Å². The molecule has 3 aromatic rings. The Kier molecular flexibility index (Phi) is 1.80. The summed E-state index contributed by atoms with van der Waals surface area (Å²) in [6.45, 7) is 0. The van der Waals surface area contributed by atoms with Crippen LogP contribution in [0.25, 0.3) is 21.8 Å². The predicted molar refractivity (Wildman–Crippen MR) is 66.8 cm³/mol. The summed E-state index contributed by atoms with van der Waals surface area (Å²) in [5.74, 6) is 0.787. The summed E-state index contributed by atoms with van der Waals surface area (Å²) >= 11 is 0. The van der Waals surface area contributed by atoms with Crippen LogP contribution in [0.4, 0.5) is 5.69 Å². The van der Waals surface area contributed by atoms with E-state index in [0.29, 0.717) is 5.69 Å². The number of H-pyrrole nitrogens is 1. The van der Waals surface area contributed by atoms with Crippen molar-refractivity contribution < 1.29 is 4.74 Å². The number of nitrogen functional groups attached to an aromatic ring is 1. The Morgan fingerprint density at radius 1 is 1.12 bits per heavy atom. The van der Waals surface area contributed by atoms with Crippen LogP contribution in [0.1, 0.15) is 0 Å². The molecule has 0 fully saturated rings. The Labute approximate surface area is 92.8 Å². The number of nitrogens with two attached hydrogens (primary N) is 1. The zero-order chi connectivity index (χ0) is 11.1. The van der Waals surface area contributed by atoms with Gasteiger partial charge in [0, 0.05) is 22.4 Å². The molecule has 0 saturated heterocycles. The molecule has 3 rings (SSSR count). The van der Waals surface area contributed by atoms with E-state index in [9.17, 15) is 0 Å². The molecule has 0 radical (unpaired) electrons. The largest absolute Gasteiger partial charge is 0.497 e. The molecule has 0 aliphatic carbocycles. The Balaban J connectivity index is 2.51. The van der Waals surface area contributed by atoms with Crippen LogP contribution in [-0.2, 0) is 0 Å². The molecule has 3 heteroatoms. The zero-order valence-electron chi connectivity index (χ0n) is 8.95. The normalized spacial score (nSPS) is 11.1. The fourth-order valence-corrected chi connectivity index (χ4v) is 2.07. The maximum Gasteiger partial charge on any atom is 0.121 e. The molecule has 0 bridgehead atoms. The molecular formula is C13H12N2O. The molecule has 2 aromatic carbocycles. The van der Waals surface area contributed by atoms with Crippen molar-refractivity contribution in [3.8, 4) is 5.75 Å². The summed E-state index contributed by atoms with van der Waals surface area (Å²) in [5.41, 5.74) is 8.77. The number of nitrogens with one attached hydrogen (secondary N) is 1. The maximum atomic E-state index is 5.99. The van der Waals surface area contributed by atoms with Crippen LogP contribution < -0.4 is 10.5 Å². The van der Waals surface area contributed by atoms with Crippen molar-refractivity contribution in [2.24, 2.45) is 0 Å². The lowest BCUT2D eigenvalue weighted by Gasteiger charge is -2.02. The van der Waals surface area contributed by atoms with Gasteiger partial charge in [0.2, 0.25) is 0 Å². The number of rotatable bonds is 1. The monoisotopic (exact) mass is 212 g/mol. The second-order valence-electron chi connectivity index (χ2n) is 3.81. The van der Waals surface area contributed by atoms with Crippen LogP contribution in [-0.4, -0.2) is 12.1 Å². The van der Waals surface area contributed by atoms with Gasteiger partial charge in [0.25, 0.3) is 0 Å². The standard InChI is InChI=1S/C13H12N2O/c1-16-8-6-10-9-4-2-3-5-12(9)15-13(10)11(14)7-8/h2-7,15H,14H2,1H3. The lowest BCUT2D eigenvalue weighted by atomic mass is 10.1. The van der Waals surface area contributed by atoms with Crippen LogP contribution >= 0.6 is 0 Å². The molecule has 3 nitrogen and oxygen atoms in total. The Morgan fingerprint density at radius 2 is 1.94 bits per heavy atom. The number of ether oxygens (including phenoxy) is 1. The Bertz CT molecular complexity index is 670. The van der Waals surface area contributed by atoms with Crippen LogP contribution in [0.3, 0.4) is 0 Å². The third kappa shape index (κ3) is 1.15. The van der Waals surface area contributed by atoms with E-state index in [4.69, 9.17) is 10.5 Å². The smallest absolute Gasteiger partial charge is 0.121 e. The summed E-state index contributed by atoms with van der Waals surface area (Å²) in [6.07, 6.45) is 0. The third-order valence-electron chi connectivity index (χ3n) is 2.85. The van der Waals surface area contributed by atoms with Crippen molar-refractivity contribution in [3.05, 3.63) is 36.4 Å². The number of anilines is 1. The quantitative estimate of drug-likeness (QED) is 0.609. The molecule has 0 amide bonds. The molecule has 80 valence electrons. The van der Waals surface area contributed by atoms with Gasteiger partial charge < -0.3 is 15.5 Å². The van der Waals surface area contributed by atoms with Gasteiger partial charge in [-0.05, 0) is 12.1 Å². The molecule has 1 aromatic heterocycles. The molecule has 1 heterocycles. The van der Waals surface area contributed by atoms with Gasteiger partial charge in [0.15, 0.2) is 0 Å². The first-order valence-corrected chi connectivity index (χ1v) is 5.13. The van der Waals surface area contributed by atoms with Gasteiger partial charge in [-0.2, -0.15) is 0 Å². The van der Waals surface area contributed by atoms with Crippen molar-refractivity contribution in [1.29, 1.82) is 0 Å². The van der Waals surface area contributed by atoms with E-state index in [-0.39, 0.29) is 0 Å². The van der Waals surface area contributed by atoms with Gasteiger partial charge >= 0.3 is 0 Å². The van der Waals surface area contributed by atoms with Gasteiger partial charge in [-0.1, -0.05) is 18.2 Å². The molecule has 16 heavy (non-hydrogen) atoms. The highest BCUT2D eigenvalue weighted by Crippen LogP contribution is 2.32. The molecule has 3 N–H and O–H groups in total. The third-order valence-corrected chi connectivity index (χ3v) is 2.85. The van der Waals surface area contributed by atoms with Gasteiger partial charge in [-0.15, -0.1) is 0 Å². The van der Waals surface area contributed by atoms with Crippen LogP contribution in [0.2, 0.25) is 0 Å². The van der Waals surface area contributed by atoms with Crippen LogP contribution in [0.5, 0.6) is 5.75 Å². The molecule has 0 unspecified atom stereocenters. The number of benzene rings is 2. The lowest BCUT2D eigenvalue weighted by Crippen LogP contribution is -1.89. The molecular weight excluding hydrogens is 200 g/mol. The summed E-state index contributed by atoms with van der Waals surface area (Å²) in [5, 5.41) is 2.27. The first-order valence-electron chi connectivity index (χ1n) is 5.13. The van der Waals surface area contributed by atoms with E-state index in [1.54, 1.807) is 7.11 Å². The molecule has 0 aliphatic rings. The summed E-state index contributed by atoms with van der Waals surface area (Å²) < 4.78 is 5.23. The Morgan fingerprint density at radius 3 is 2.75 bits per heavy atom. The van der Waals surface area contributed by atoms with Crippen molar-refractivity contribution in [2.45, 2.75) is 0 Å². The number of hydrogen-bond acceptors (Lipinski definition) is 2. The van der Waals surface area contributed by atoms with Crippen molar-refractivity contribution in [1.82, 2.24) is 4.98 Å². The van der Waals surface area contributed by atoms with Crippen molar-refractivity contribution in [2.75, 3.05) is 12.8 Å². The number of fused-ring (bicyclic) bond motifs is 3. The number of methoxy groups -OCH3 is 1. The summed E-state index contributed by atoms with van der Waals surface area (Å²) in [7, 11) is 1.65. The highest BCUT2D eigenvalue weighted by atomic mass is 16.5. The highest BCUT2D eigenvalue weighted by Gasteiger charge is 2.07. The molecule has 0 aliphatic heterocycles. The average Bonchev–Trinajstić information content (AvgIpc) is 2.68. The van der Waals surface area contributed by atoms with Crippen molar-refractivity contribution in [3.63, 3.8) is 0 Å². The van der Waals surface area contributed by atoms with E-state index in [1.807, 2.05) is 30.3 Å². The summed E-state index contributed by atoms with van der Waals surface area (Å²) in [4.78, 5) is 3.32. The molecule has 0 spiro atoms. The predicted octanol–water partition coefficient (Wildman–Crippen LogP) is 2.91. The first-order chi connectivity index (χ1) is 7.79. The fraction of sp³-hybridized carbons (Fsp3) is 0.0769. The van der Waals surface area contributed by atoms with E-state index in [1.165, 1.54) is 5.39 Å². The minimum absolute atomic E-state index is 0.713. The maximum absolute atomic E-state index is 5.99. The Hall–Kier alpha value is -2.16. The van der Waals surface area contributed by atoms with Gasteiger partial charge in [0.1, 0.15) is 5.75 Å². The van der Waals surface area contributed by atoms with Crippen LogP contribution in [0.15, 0.2) is 36.4 Å². The number of hydrogen-bond donors (Lipinski definition) is 2. The van der Waals surface area contributed by atoms with E-state index < -0.39 is 0 Å².